The van der Waals surface area contributed by atoms with E-state index in [9.17, 15) is 14.4 Å². The molecule has 7 heteroatoms. The summed E-state index contributed by atoms with van der Waals surface area (Å²) in [7, 11) is 0. The molecule has 0 radical (unpaired) electrons. The fourth-order valence-corrected chi connectivity index (χ4v) is 6.50. The molecule has 1 aromatic heterocycles. The van der Waals surface area contributed by atoms with Crippen molar-refractivity contribution in [2.24, 2.45) is 11.8 Å². The molecule has 0 spiro atoms. The fraction of sp³-hybridized carbons (Fsp3) is 0.419. The van der Waals surface area contributed by atoms with Crippen molar-refractivity contribution in [1.29, 1.82) is 0 Å². The molecular weight excluding hydrogens is 476 g/mol. The van der Waals surface area contributed by atoms with Gasteiger partial charge in [-0.15, -0.1) is 0 Å². The molecule has 1 N–H and O–H groups in total. The highest BCUT2D eigenvalue weighted by molar-refractivity contribution is 5.98. The Bertz CT molecular complexity index is 1370. The van der Waals surface area contributed by atoms with E-state index < -0.39 is 0 Å². The Labute approximate surface area is 223 Å². The predicted octanol–water partition coefficient (Wildman–Crippen LogP) is 3.96. The summed E-state index contributed by atoms with van der Waals surface area (Å²) in [6.45, 7) is 2.55. The van der Waals surface area contributed by atoms with E-state index in [0.29, 0.717) is 44.6 Å². The van der Waals surface area contributed by atoms with Gasteiger partial charge in [0, 0.05) is 55.3 Å². The maximum atomic E-state index is 13.9. The average Bonchev–Trinajstić information content (AvgIpc) is 3.40. The number of hydrogen-bond acceptors (Lipinski definition) is 4. The molecule has 0 unspecified atom stereocenters. The molecule has 1 aliphatic carbocycles. The summed E-state index contributed by atoms with van der Waals surface area (Å²) in [4.78, 5) is 49.2. The summed E-state index contributed by atoms with van der Waals surface area (Å²) in [6.07, 6.45) is 6.31. The molecule has 2 aliphatic heterocycles. The number of carbonyl (C=O) groups excluding carboxylic acids is 3. The number of nitrogens with one attached hydrogen (secondary N) is 1. The van der Waals surface area contributed by atoms with E-state index in [-0.39, 0.29) is 35.6 Å². The molecule has 3 amide bonds. The van der Waals surface area contributed by atoms with Crippen molar-refractivity contribution in [3.05, 3.63) is 77.5 Å². The third-order valence-electron chi connectivity index (χ3n) is 8.54. The van der Waals surface area contributed by atoms with Gasteiger partial charge in [0.1, 0.15) is 0 Å². The molecule has 3 aromatic rings. The summed E-state index contributed by atoms with van der Waals surface area (Å²) in [5.74, 6) is -0.641. The molecule has 1 saturated heterocycles. The van der Waals surface area contributed by atoms with E-state index in [1.54, 1.807) is 6.20 Å². The van der Waals surface area contributed by atoms with Crippen LogP contribution in [-0.2, 0) is 22.6 Å². The number of pyridine rings is 1. The average molecular weight is 511 g/mol. The zero-order valence-electron chi connectivity index (χ0n) is 21.6. The highest BCUT2D eigenvalue weighted by atomic mass is 16.2. The Morgan fingerprint density at radius 2 is 1.79 bits per heavy atom. The van der Waals surface area contributed by atoms with Gasteiger partial charge in [0.25, 0.3) is 5.91 Å². The first-order valence-electron chi connectivity index (χ1n) is 13.9. The van der Waals surface area contributed by atoms with Crippen molar-refractivity contribution in [3.8, 4) is 0 Å². The number of nitrogens with zero attached hydrogens (tertiary/aromatic N) is 3. The zero-order valence-corrected chi connectivity index (χ0v) is 21.6. The smallest absolute Gasteiger partial charge is 0.254 e. The van der Waals surface area contributed by atoms with Crippen LogP contribution in [0.5, 0.6) is 0 Å². The SMILES string of the molecule is O=C1NCCCCCN(C(=O)c2ccc3ncccc3c2)[C@@H]2C[C@@H](C(=O)N3CCc4ccccc4C3)C[C@H]12. The third kappa shape index (κ3) is 4.77. The molecule has 6 rings (SSSR count). The van der Waals surface area contributed by atoms with Gasteiger partial charge in [0.15, 0.2) is 0 Å². The first-order chi connectivity index (χ1) is 18.6. The lowest BCUT2D eigenvalue weighted by Gasteiger charge is -2.34. The van der Waals surface area contributed by atoms with Crippen LogP contribution in [0.25, 0.3) is 10.9 Å². The van der Waals surface area contributed by atoms with Crippen LogP contribution < -0.4 is 5.32 Å². The van der Waals surface area contributed by atoms with E-state index in [1.165, 1.54) is 11.1 Å². The lowest BCUT2D eigenvalue weighted by molar-refractivity contribution is -0.136. The minimum absolute atomic E-state index is 0.0308. The van der Waals surface area contributed by atoms with Crippen molar-refractivity contribution in [2.75, 3.05) is 19.6 Å². The van der Waals surface area contributed by atoms with E-state index >= 15 is 0 Å². The normalized spacial score (nSPS) is 23.9. The van der Waals surface area contributed by atoms with Crippen LogP contribution >= 0.6 is 0 Å². The van der Waals surface area contributed by atoms with Crippen molar-refractivity contribution in [2.45, 2.75) is 51.1 Å². The van der Waals surface area contributed by atoms with Crippen LogP contribution in [0.2, 0.25) is 0 Å². The standard InChI is InChI=1S/C31H34N4O3/c36-29-26-18-25(30(37)34-16-12-21-7-2-3-8-24(21)20-34)19-28(26)35(15-5-1-4-13-33-29)31(38)23-10-11-27-22(17-23)9-6-14-32-27/h2-3,6-11,14,17,25-26,28H,1,4-5,12-13,15-16,18-20H2,(H,33,36)/t25-,26-,28+/m0/s1. The number of hydrogen-bond donors (Lipinski definition) is 1. The maximum Gasteiger partial charge on any atom is 0.254 e. The first-order valence-corrected chi connectivity index (χ1v) is 13.9. The van der Waals surface area contributed by atoms with Gasteiger partial charge >= 0.3 is 0 Å². The molecule has 7 nitrogen and oxygen atoms in total. The van der Waals surface area contributed by atoms with Crippen molar-refractivity contribution >= 4 is 28.6 Å². The summed E-state index contributed by atoms with van der Waals surface area (Å²) in [5, 5.41) is 4.00. The van der Waals surface area contributed by atoms with E-state index in [0.717, 1.165) is 36.6 Å². The second-order valence-electron chi connectivity index (χ2n) is 10.9. The van der Waals surface area contributed by atoms with Crippen LogP contribution in [0.15, 0.2) is 60.8 Å². The van der Waals surface area contributed by atoms with Crippen molar-refractivity contribution in [1.82, 2.24) is 20.1 Å². The zero-order chi connectivity index (χ0) is 26.1. The van der Waals surface area contributed by atoms with Gasteiger partial charge in [0.05, 0.1) is 11.4 Å². The van der Waals surface area contributed by atoms with Crippen molar-refractivity contribution < 1.29 is 14.4 Å². The lowest BCUT2D eigenvalue weighted by Crippen LogP contribution is -2.48. The highest BCUT2D eigenvalue weighted by Gasteiger charge is 2.47. The second-order valence-corrected chi connectivity index (χ2v) is 10.9. The predicted molar refractivity (Wildman–Crippen MR) is 145 cm³/mol. The molecule has 3 heterocycles. The van der Waals surface area contributed by atoms with Gasteiger partial charge in [-0.1, -0.05) is 30.3 Å². The van der Waals surface area contributed by atoms with Crippen LogP contribution in [0.3, 0.4) is 0 Å². The molecular formula is C31H34N4O3. The maximum absolute atomic E-state index is 13.9. The fourth-order valence-electron chi connectivity index (χ4n) is 6.50. The van der Waals surface area contributed by atoms with Gasteiger partial charge in [-0.25, -0.2) is 0 Å². The van der Waals surface area contributed by atoms with Crippen molar-refractivity contribution in [3.63, 3.8) is 0 Å². The van der Waals surface area contributed by atoms with E-state index in [1.807, 2.05) is 52.3 Å². The van der Waals surface area contributed by atoms with Crippen LogP contribution in [0, 0.1) is 11.8 Å². The Hall–Kier alpha value is -3.74. The molecule has 3 atom stereocenters. The van der Waals surface area contributed by atoms with E-state index in [4.69, 9.17) is 0 Å². The number of amides is 3. The number of benzene rings is 2. The number of fused-ring (bicyclic) bond motifs is 3. The third-order valence-corrected chi connectivity index (χ3v) is 8.54. The van der Waals surface area contributed by atoms with Gasteiger partial charge in [-0.2, -0.15) is 0 Å². The topological polar surface area (TPSA) is 82.6 Å². The minimum atomic E-state index is -0.384. The lowest BCUT2D eigenvalue weighted by atomic mass is 9.97. The van der Waals surface area contributed by atoms with Gasteiger partial charge in [0.2, 0.25) is 11.8 Å². The molecule has 2 aromatic carbocycles. The quantitative estimate of drug-likeness (QED) is 0.566. The number of aromatic nitrogens is 1. The minimum Gasteiger partial charge on any atom is -0.356 e. The second kappa shape index (κ2) is 10.6. The Kier molecular flexibility index (Phi) is 6.83. The number of rotatable bonds is 2. The van der Waals surface area contributed by atoms with Crippen LogP contribution in [0.1, 0.15) is 53.6 Å². The van der Waals surface area contributed by atoms with Crippen LogP contribution in [0.4, 0.5) is 0 Å². The van der Waals surface area contributed by atoms with Gasteiger partial charge < -0.3 is 15.1 Å². The summed E-state index contributed by atoms with van der Waals surface area (Å²) in [5.41, 5.74) is 3.95. The summed E-state index contributed by atoms with van der Waals surface area (Å²) < 4.78 is 0. The number of carbonyl (C=O) groups is 3. The molecule has 0 bridgehead atoms. The van der Waals surface area contributed by atoms with Gasteiger partial charge in [-0.05, 0) is 73.9 Å². The highest BCUT2D eigenvalue weighted by Crippen LogP contribution is 2.38. The molecule has 196 valence electrons. The molecule has 2 fully saturated rings. The molecule has 1 saturated carbocycles. The Balaban J connectivity index is 1.27. The first kappa shape index (κ1) is 24.6. The molecule has 38 heavy (non-hydrogen) atoms. The van der Waals surface area contributed by atoms with Gasteiger partial charge in [-0.3, -0.25) is 19.4 Å². The largest absolute Gasteiger partial charge is 0.356 e. The Morgan fingerprint density at radius 3 is 2.68 bits per heavy atom. The Morgan fingerprint density at radius 1 is 0.921 bits per heavy atom. The van der Waals surface area contributed by atoms with Crippen LogP contribution in [-0.4, -0.2) is 58.2 Å². The molecule has 3 aliphatic rings. The summed E-state index contributed by atoms with van der Waals surface area (Å²) >= 11 is 0. The van der Waals surface area contributed by atoms with E-state index in [2.05, 4.69) is 22.4 Å². The summed E-state index contributed by atoms with van der Waals surface area (Å²) in [6, 6.07) is 17.4. The monoisotopic (exact) mass is 510 g/mol.